The van der Waals surface area contributed by atoms with E-state index in [0.717, 1.165) is 12.8 Å². The lowest BCUT2D eigenvalue weighted by Gasteiger charge is -2.30. The zero-order valence-electron chi connectivity index (χ0n) is 11.7. The number of aliphatic hydroxyl groups is 1. The van der Waals surface area contributed by atoms with E-state index in [1.54, 1.807) is 7.11 Å². The molecule has 0 aromatic carbocycles. The van der Waals surface area contributed by atoms with Crippen LogP contribution in [0.2, 0.25) is 0 Å². The first-order chi connectivity index (χ1) is 7.30. The number of ether oxygens (including phenoxy) is 1. The van der Waals surface area contributed by atoms with Crippen LogP contribution in [-0.4, -0.2) is 36.5 Å². The highest BCUT2D eigenvalue weighted by Crippen LogP contribution is 2.16. The summed E-state index contributed by atoms with van der Waals surface area (Å²) in [5, 5.41) is 12.7. The smallest absolute Gasteiger partial charge is 0.0637 e. The van der Waals surface area contributed by atoms with Crippen LogP contribution in [0.3, 0.4) is 0 Å². The Morgan fingerprint density at radius 3 is 2.19 bits per heavy atom. The van der Waals surface area contributed by atoms with Gasteiger partial charge in [0.2, 0.25) is 0 Å². The highest BCUT2D eigenvalue weighted by Gasteiger charge is 2.22. The summed E-state index contributed by atoms with van der Waals surface area (Å²) in [4.78, 5) is 0. The summed E-state index contributed by atoms with van der Waals surface area (Å²) in [7, 11) is 1.74. The molecule has 3 nitrogen and oxygen atoms in total. The predicted octanol–water partition coefficient (Wildman–Crippen LogP) is 2.19. The van der Waals surface area contributed by atoms with Gasteiger partial charge < -0.3 is 15.2 Å². The van der Waals surface area contributed by atoms with Crippen molar-refractivity contribution >= 4 is 0 Å². The normalized spacial score (nSPS) is 16.5. The fraction of sp³-hybridized carbons (Fsp3) is 1.00. The van der Waals surface area contributed by atoms with E-state index in [-0.39, 0.29) is 18.2 Å². The molecule has 0 fully saturated rings. The Kier molecular flexibility index (Phi) is 7.20. The minimum atomic E-state index is -0.107. The van der Waals surface area contributed by atoms with Gasteiger partial charge in [-0.15, -0.1) is 0 Å². The van der Waals surface area contributed by atoms with E-state index in [0.29, 0.717) is 12.0 Å². The summed E-state index contributed by atoms with van der Waals surface area (Å²) in [6.07, 6.45) is 1.95. The summed E-state index contributed by atoms with van der Waals surface area (Å²) in [5.41, 5.74) is -0.107. The fourth-order valence-electron chi connectivity index (χ4n) is 2.05. The van der Waals surface area contributed by atoms with E-state index < -0.39 is 0 Å². The van der Waals surface area contributed by atoms with Crippen molar-refractivity contribution in [3.63, 3.8) is 0 Å². The Bertz CT molecular complexity index is 181. The molecule has 0 aromatic heterocycles. The SMILES string of the molecule is COC(C)(C)CC(C)NC(CO)CC(C)C. The number of hydrogen-bond acceptors (Lipinski definition) is 3. The Labute approximate surface area is 101 Å². The molecule has 0 aliphatic heterocycles. The second-order valence-corrected chi connectivity index (χ2v) is 5.74. The second-order valence-electron chi connectivity index (χ2n) is 5.74. The molecule has 0 aliphatic rings. The van der Waals surface area contributed by atoms with Crippen LogP contribution in [0, 0.1) is 5.92 Å². The number of hydrogen-bond donors (Lipinski definition) is 2. The second kappa shape index (κ2) is 7.25. The quantitative estimate of drug-likeness (QED) is 0.673. The van der Waals surface area contributed by atoms with Gasteiger partial charge in [-0.05, 0) is 39.5 Å². The molecule has 0 radical (unpaired) electrons. The topological polar surface area (TPSA) is 41.5 Å². The van der Waals surface area contributed by atoms with Crippen LogP contribution in [0.15, 0.2) is 0 Å². The lowest BCUT2D eigenvalue weighted by Crippen LogP contribution is -2.43. The summed E-state index contributed by atoms with van der Waals surface area (Å²) in [6, 6.07) is 0.550. The highest BCUT2D eigenvalue weighted by molar-refractivity contribution is 4.79. The maximum atomic E-state index is 9.29. The molecule has 0 aliphatic carbocycles. The number of rotatable bonds is 8. The van der Waals surface area contributed by atoms with Gasteiger partial charge in [-0.1, -0.05) is 13.8 Å². The first-order valence-corrected chi connectivity index (χ1v) is 6.22. The van der Waals surface area contributed by atoms with Gasteiger partial charge in [-0.3, -0.25) is 0 Å². The molecular formula is C13H29NO2. The van der Waals surface area contributed by atoms with Crippen molar-refractivity contribution < 1.29 is 9.84 Å². The van der Waals surface area contributed by atoms with E-state index in [1.165, 1.54) is 0 Å². The average molecular weight is 231 g/mol. The number of aliphatic hydroxyl groups excluding tert-OH is 1. The average Bonchev–Trinajstić information content (AvgIpc) is 2.15. The molecule has 0 saturated heterocycles. The third-order valence-corrected chi connectivity index (χ3v) is 2.85. The zero-order chi connectivity index (χ0) is 12.8. The lowest BCUT2D eigenvalue weighted by atomic mass is 9.97. The maximum absolute atomic E-state index is 9.29. The molecule has 0 amide bonds. The first kappa shape index (κ1) is 15.9. The van der Waals surface area contributed by atoms with Crippen molar-refractivity contribution in [2.45, 2.75) is 65.1 Å². The van der Waals surface area contributed by atoms with Gasteiger partial charge in [0.05, 0.1) is 12.2 Å². The Morgan fingerprint density at radius 1 is 1.25 bits per heavy atom. The van der Waals surface area contributed by atoms with Gasteiger partial charge in [0, 0.05) is 19.2 Å². The molecule has 0 aromatic rings. The third-order valence-electron chi connectivity index (χ3n) is 2.85. The Balaban J connectivity index is 4.05. The summed E-state index contributed by atoms with van der Waals surface area (Å²) in [5.74, 6) is 0.604. The van der Waals surface area contributed by atoms with E-state index in [4.69, 9.17) is 4.74 Å². The summed E-state index contributed by atoms with van der Waals surface area (Å²) < 4.78 is 5.40. The number of nitrogens with one attached hydrogen (secondary N) is 1. The molecule has 3 heteroatoms. The maximum Gasteiger partial charge on any atom is 0.0637 e. The van der Waals surface area contributed by atoms with Crippen molar-refractivity contribution in [3.8, 4) is 0 Å². The summed E-state index contributed by atoms with van der Waals surface area (Å²) >= 11 is 0. The molecule has 0 bridgehead atoms. The molecule has 0 spiro atoms. The van der Waals surface area contributed by atoms with Crippen molar-refractivity contribution in [3.05, 3.63) is 0 Å². The van der Waals surface area contributed by atoms with Crippen molar-refractivity contribution in [1.82, 2.24) is 5.32 Å². The molecular weight excluding hydrogens is 202 g/mol. The van der Waals surface area contributed by atoms with Gasteiger partial charge in [-0.2, -0.15) is 0 Å². The van der Waals surface area contributed by atoms with E-state index in [1.807, 2.05) is 0 Å². The van der Waals surface area contributed by atoms with Crippen LogP contribution in [0.5, 0.6) is 0 Å². The van der Waals surface area contributed by atoms with Crippen LogP contribution in [0.1, 0.15) is 47.5 Å². The van der Waals surface area contributed by atoms with Crippen LogP contribution in [-0.2, 0) is 4.74 Å². The molecule has 98 valence electrons. The first-order valence-electron chi connectivity index (χ1n) is 6.22. The molecule has 2 atom stereocenters. The third kappa shape index (κ3) is 7.20. The van der Waals surface area contributed by atoms with E-state index >= 15 is 0 Å². The van der Waals surface area contributed by atoms with Crippen LogP contribution >= 0.6 is 0 Å². The largest absolute Gasteiger partial charge is 0.395 e. The highest BCUT2D eigenvalue weighted by atomic mass is 16.5. The van der Waals surface area contributed by atoms with Gasteiger partial charge >= 0.3 is 0 Å². The van der Waals surface area contributed by atoms with Gasteiger partial charge in [-0.25, -0.2) is 0 Å². The summed E-state index contributed by atoms with van der Waals surface area (Å²) in [6.45, 7) is 10.9. The van der Waals surface area contributed by atoms with Gasteiger partial charge in [0.1, 0.15) is 0 Å². The van der Waals surface area contributed by atoms with Crippen molar-refractivity contribution in [1.29, 1.82) is 0 Å². The molecule has 2 N–H and O–H groups in total. The fourth-order valence-corrected chi connectivity index (χ4v) is 2.05. The number of methoxy groups -OCH3 is 1. The molecule has 16 heavy (non-hydrogen) atoms. The monoisotopic (exact) mass is 231 g/mol. The lowest BCUT2D eigenvalue weighted by molar-refractivity contribution is 0.00672. The molecule has 2 unspecified atom stereocenters. The van der Waals surface area contributed by atoms with Crippen LogP contribution in [0.25, 0.3) is 0 Å². The minimum Gasteiger partial charge on any atom is -0.395 e. The zero-order valence-corrected chi connectivity index (χ0v) is 11.7. The predicted molar refractivity (Wildman–Crippen MR) is 68.6 cm³/mol. The molecule has 0 saturated carbocycles. The van der Waals surface area contributed by atoms with Crippen molar-refractivity contribution in [2.75, 3.05) is 13.7 Å². The molecule has 0 rings (SSSR count). The van der Waals surface area contributed by atoms with E-state index in [9.17, 15) is 5.11 Å². The molecule has 0 heterocycles. The van der Waals surface area contributed by atoms with E-state index in [2.05, 4.69) is 39.9 Å². The van der Waals surface area contributed by atoms with Gasteiger partial charge in [0.25, 0.3) is 0 Å². The Morgan fingerprint density at radius 2 is 1.81 bits per heavy atom. The minimum absolute atomic E-state index is 0.107. The standard InChI is InChI=1S/C13H29NO2/c1-10(2)7-12(9-15)14-11(3)8-13(4,5)16-6/h10-12,14-15H,7-9H2,1-6H3. The van der Waals surface area contributed by atoms with Crippen LogP contribution in [0.4, 0.5) is 0 Å². The Hall–Kier alpha value is -0.120. The van der Waals surface area contributed by atoms with Crippen molar-refractivity contribution in [2.24, 2.45) is 5.92 Å². The van der Waals surface area contributed by atoms with Crippen LogP contribution < -0.4 is 5.32 Å². The van der Waals surface area contributed by atoms with Gasteiger partial charge in [0.15, 0.2) is 0 Å².